The van der Waals surface area contributed by atoms with Gasteiger partial charge in [-0.2, -0.15) is 5.10 Å². The van der Waals surface area contributed by atoms with Gasteiger partial charge in [0.05, 0.1) is 6.20 Å². The topological polar surface area (TPSA) is 73.0 Å². The van der Waals surface area contributed by atoms with Crippen molar-refractivity contribution in [1.29, 1.82) is 0 Å². The Morgan fingerprint density at radius 2 is 2.09 bits per heavy atom. The average molecular weight is 458 g/mol. The van der Waals surface area contributed by atoms with E-state index in [2.05, 4.69) is 70.0 Å². The SMILES string of the molecule is C=C/C(=C\N(C)C)c1cccc(C2=CC=C(c3cn[nH]c3)C(NC3CC(CCC(C)=O)C3)N2)c1. The van der Waals surface area contributed by atoms with Crippen LogP contribution in [0.2, 0.25) is 0 Å². The van der Waals surface area contributed by atoms with Gasteiger partial charge >= 0.3 is 0 Å². The van der Waals surface area contributed by atoms with Crippen molar-refractivity contribution in [3.63, 3.8) is 0 Å². The molecular weight excluding hydrogens is 422 g/mol. The number of ketones is 1. The van der Waals surface area contributed by atoms with Crippen LogP contribution in [0.1, 0.15) is 49.3 Å². The first kappa shape index (κ1) is 23.8. The van der Waals surface area contributed by atoms with Crippen molar-refractivity contribution in [3.8, 4) is 0 Å². The van der Waals surface area contributed by atoms with E-state index in [1.54, 1.807) is 6.92 Å². The van der Waals surface area contributed by atoms with Crippen LogP contribution in [0.15, 0.2) is 67.7 Å². The zero-order valence-corrected chi connectivity index (χ0v) is 20.3. The van der Waals surface area contributed by atoms with Crippen LogP contribution in [0.5, 0.6) is 0 Å². The molecule has 1 aromatic carbocycles. The van der Waals surface area contributed by atoms with Gasteiger partial charge in [-0.25, -0.2) is 0 Å². The smallest absolute Gasteiger partial charge is 0.129 e. The molecule has 178 valence electrons. The lowest BCUT2D eigenvalue weighted by Gasteiger charge is -2.40. The van der Waals surface area contributed by atoms with E-state index in [-0.39, 0.29) is 11.9 Å². The monoisotopic (exact) mass is 457 g/mol. The summed E-state index contributed by atoms with van der Waals surface area (Å²) >= 11 is 0. The first-order valence-corrected chi connectivity index (χ1v) is 12.0. The normalized spacial score (nSPS) is 22.2. The Bertz CT molecular complexity index is 1100. The number of hydrogen-bond donors (Lipinski definition) is 3. The summed E-state index contributed by atoms with van der Waals surface area (Å²) in [4.78, 5) is 13.3. The number of Topliss-reactive ketones (excluding diaryl/α,β-unsaturated/α-hetero) is 1. The summed E-state index contributed by atoms with van der Waals surface area (Å²) in [7, 11) is 4.03. The summed E-state index contributed by atoms with van der Waals surface area (Å²) < 4.78 is 0. The summed E-state index contributed by atoms with van der Waals surface area (Å²) in [5, 5.41) is 14.6. The van der Waals surface area contributed by atoms with E-state index in [9.17, 15) is 4.79 Å². The first-order chi connectivity index (χ1) is 16.4. The molecule has 6 nitrogen and oxygen atoms in total. The van der Waals surface area contributed by atoms with E-state index >= 15 is 0 Å². The number of rotatable bonds is 10. The Kier molecular flexibility index (Phi) is 7.48. The number of aromatic nitrogens is 2. The third-order valence-corrected chi connectivity index (χ3v) is 6.54. The van der Waals surface area contributed by atoms with Gasteiger partial charge in [-0.3, -0.25) is 10.4 Å². The standard InChI is InChI=1S/C28H35N5O/c1-5-21(18-33(3)4)22-7-6-8-23(15-22)27-12-11-26(24-16-29-30-17-24)28(32-27)31-25-13-20(14-25)10-9-19(2)34/h5-8,11-12,15-18,20,25,28,31-32H,1,9-10,13-14H2,2-4H3,(H,29,30)/b21-18+. The molecule has 0 bridgehead atoms. The quantitative estimate of drug-likeness (QED) is 0.455. The fourth-order valence-electron chi connectivity index (χ4n) is 4.67. The number of nitrogens with one attached hydrogen (secondary N) is 3. The Balaban J connectivity index is 1.52. The van der Waals surface area contributed by atoms with Crippen LogP contribution in [0, 0.1) is 5.92 Å². The first-order valence-electron chi connectivity index (χ1n) is 12.0. The van der Waals surface area contributed by atoms with Crippen LogP contribution >= 0.6 is 0 Å². The number of aromatic amines is 1. The fourth-order valence-corrected chi connectivity index (χ4v) is 4.67. The Labute approximate surface area is 202 Å². The van der Waals surface area contributed by atoms with Crippen molar-refractivity contribution in [2.75, 3.05) is 14.1 Å². The molecule has 0 saturated heterocycles. The average Bonchev–Trinajstić information content (AvgIpc) is 3.33. The van der Waals surface area contributed by atoms with Crippen LogP contribution in [0.4, 0.5) is 0 Å². The second-order valence-corrected chi connectivity index (χ2v) is 9.54. The molecule has 1 aliphatic carbocycles. The molecular formula is C28H35N5O. The third-order valence-electron chi connectivity index (χ3n) is 6.54. The van der Waals surface area contributed by atoms with E-state index in [1.165, 1.54) is 5.57 Å². The summed E-state index contributed by atoms with van der Waals surface area (Å²) in [6.07, 6.45) is 16.0. The largest absolute Gasteiger partial charge is 0.383 e. The van der Waals surface area contributed by atoms with E-state index in [4.69, 9.17) is 0 Å². The van der Waals surface area contributed by atoms with Gasteiger partial charge in [-0.1, -0.05) is 36.9 Å². The number of H-pyrrole nitrogens is 1. The molecule has 4 rings (SSSR count). The number of carbonyl (C=O) groups excluding carboxylic acids is 1. The van der Waals surface area contributed by atoms with Crippen molar-refractivity contribution in [2.45, 2.75) is 44.8 Å². The summed E-state index contributed by atoms with van der Waals surface area (Å²) in [6.45, 7) is 5.67. The number of carbonyl (C=O) groups is 1. The lowest BCUT2D eigenvalue weighted by molar-refractivity contribution is -0.117. The summed E-state index contributed by atoms with van der Waals surface area (Å²) in [5.74, 6) is 0.923. The van der Waals surface area contributed by atoms with Gasteiger partial charge in [0, 0.05) is 50.2 Å². The Morgan fingerprint density at radius 1 is 1.26 bits per heavy atom. The second-order valence-electron chi connectivity index (χ2n) is 9.54. The number of nitrogens with zero attached hydrogens (tertiary/aromatic N) is 2. The molecule has 3 N–H and O–H groups in total. The minimum absolute atomic E-state index is 0.0174. The highest BCUT2D eigenvalue weighted by Crippen LogP contribution is 2.34. The van der Waals surface area contributed by atoms with Crippen LogP contribution in [0.3, 0.4) is 0 Å². The van der Waals surface area contributed by atoms with Crippen LogP contribution in [-0.2, 0) is 4.79 Å². The van der Waals surface area contributed by atoms with Gasteiger partial charge in [-0.05, 0) is 66.5 Å². The molecule has 1 fully saturated rings. The predicted molar refractivity (Wildman–Crippen MR) is 139 cm³/mol. The number of dihydropyridines is 1. The minimum atomic E-state index is -0.0174. The zero-order chi connectivity index (χ0) is 24.1. The molecule has 34 heavy (non-hydrogen) atoms. The Morgan fingerprint density at radius 3 is 2.76 bits per heavy atom. The van der Waals surface area contributed by atoms with Crippen LogP contribution < -0.4 is 10.6 Å². The molecule has 2 aliphatic rings. The number of allylic oxidation sites excluding steroid dienone is 4. The maximum absolute atomic E-state index is 11.3. The maximum atomic E-state index is 11.3. The number of benzene rings is 1. The van der Waals surface area contributed by atoms with Gasteiger partial charge in [0.1, 0.15) is 11.9 Å². The van der Waals surface area contributed by atoms with E-state index in [0.29, 0.717) is 18.4 Å². The van der Waals surface area contributed by atoms with E-state index in [0.717, 1.165) is 47.2 Å². The Hall–Kier alpha value is -3.38. The fraction of sp³-hybridized carbons (Fsp3) is 0.357. The van der Waals surface area contributed by atoms with E-state index in [1.807, 2.05) is 37.5 Å². The lowest BCUT2D eigenvalue weighted by atomic mass is 9.77. The molecule has 1 aromatic heterocycles. The molecule has 1 aliphatic heterocycles. The van der Waals surface area contributed by atoms with Gasteiger partial charge in [0.25, 0.3) is 0 Å². The van der Waals surface area contributed by atoms with Gasteiger partial charge in [0.2, 0.25) is 0 Å². The van der Waals surface area contributed by atoms with Gasteiger partial charge in [-0.15, -0.1) is 0 Å². The van der Waals surface area contributed by atoms with E-state index < -0.39 is 0 Å². The highest BCUT2D eigenvalue weighted by molar-refractivity contribution is 5.81. The summed E-state index contributed by atoms with van der Waals surface area (Å²) in [5.41, 5.74) is 6.66. The van der Waals surface area contributed by atoms with Crippen LogP contribution in [-0.4, -0.2) is 47.2 Å². The van der Waals surface area contributed by atoms with Crippen molar-refractivity contribution >= 4 is 22.6 Å². The third kappa shape index (κ3) is 5.75. The predicted octanol–water partition coefficient (Wildman–Crippen LogP) is 4.59. The molecule has 0 radical (unpaired) electrons. The highest BCUT2D eigenvalue weighted by Gasteiger charge is 2.32. The van der Waals surface area contributed by atoms with Crippen molar-refractivity contribution in [2.24, 2.45) is 5.92 Å². The molecule has 0 spiro atoms. The van der Waals surface area contributed by atoms with Gasteiger partial charge in [0.15, 0.2) is 0 Å². The molecule has 1 atom stereocenters. The van der Waals surface area contributed by atoms with Crippen molar-refractivity contribution < 1.29 is 4.79 Å². The second kappa shape index (κ2) is 10.7. The van der Waals surface area contributed by atoms with Crippen LogP contribution in [0.25, 0.3) is 16.8 Å². The zero-order valence-electron chi connectivity index (χ0n) is 20.3. The highest BCUT2D eigenvalue weighted by atomic mass is 16.1. The molecule has 2 aromatic rings. The van der Waals surface area contributed by atoms with Crippen molar-refractivity contribution in [3.05, 3.63) is 84.4 Å². The lowest BCUT2D eigenvalue weighted by Crippen LogP contribution is -2.52. The number of hydrogen-bond acceptors (Lipinski definition) is 5. The molecule has 1 unspecified atom stereocenters. The van der Waals surface area contributed by atoms with Crippen molar-refractivity contribution in [1.82, 2.24) is 25.7 Å². The molecule has 6 heteroatoms. The molecule has 2 heterocycles. The molecule has 0 amide bonds. The van der Waals surface area contributed by atoms with Gasteiger partial charge < -0.3 is 15.0 Å². The summed E-state index contributed by atoms with van der Waals surface area (Å²) in [6, 6.07) is 8.97. The maximum Gasteiger partial charge on any atom is 0.129 e. The minimum Gasteiger partial charge on any atom is -0.383 e. The molecule has 1 saturated carbocycles.